The second kappa shape index (κ2) is 9.22. The molecule has 2 rings (SSSR count). The molecule has 0 amide bonds. The van der Waals surface area contributed by atoms with E-state index in [0.717, 1.165) is 41.3 Å². The third-order valence-corrected chi connectivity index (χ3v) is 4.82. The normalized spacial score (nSPS) is 18.5. The lowest BCUT2D eigenvalue weighted by molar-refractivity contribution is -0.140. The van der Waals surface area contributed by atoms with Crippen LogP contribution >= 0.6 is 15.9 Å². The SMILES string of the molecule is CCCC/C=C(\CBr)C1=C(CC(C)C)C(=O)OC1c1ccccc1. The van der Waals surface area contributed by atoms with Crippen molar-refractivity contribution in [3.05, 3.63) is 58.7 Å². The summed E-state index contributed by atoms with van der Waals surface area (Å²) in [6, 6.07) is 10.1. The van der Waals surface area contributed by atoms with Gasteiger partial charge in [0, 0.05) is 16.5 Å². The van der Waals surface area contributed by atoms with Gasteiger partial charge in [0.25, 0.3) is 0 Å². The monoisotopic (exact) mass is 390 g/mol. The minimum atomic E-state index is -0.280. The van der Waals surface area contributed by atoms with Gasteiger partial charge in [-0.15, -0.1) is 0 Å². The van der Waals surface area contributed by atoms with Gasteiger partial charge in [0.05, 0.1) is 0 Å². The van der Waals surface area contributed by atoms with Crippen molar-refractivity contribution in [1.82, 2.24) is 0 Å². The molecule has 0 N–H and O–H groups in total. The van der Waals surface area contributed by atoms with Gasteiger partial charge in [-0.3, -0.25) is 0 Å². The maximum atomic E-state index is 12.5. The zero-order valence-corrected chi connectivity index (χ0v) is 16.4. The first-order valence-corrected chi connectivity index (χ1v) is 9.94. The van der Waals surface area contributed by atoms with Crippen molar-refractivity contribution < 1.29 is 9.53 Å². The quantitative estimate of drug-likeness (QED) is 0.302. The maximum Gasteiger partial charge on any atom is 0.335 e. The largest absolute Gasteiger partial charge is 0.449 e. The van der Waals surface area contributed by atoms with Crippen molar-refractivity contribution in [3.63, 3.8) is 0 Å². The summed E-state index contributed by atoms with van der Waals surface area (Å²) in [6.07, 6.45) is 6.11. The molecule has 0 aliphatic carbocycles. The van der Waals surface area contributed by atoms with Crippen molar-refractivity contribution in [2.24, 2.45) is 5.92 Å². The Morgan fingerprint density at radius 3 is 2.58 bits per heavy atom. The fourth-order valence-corrected chi connectivity index (χ4v) is 3.58. The topological polar surface area (TPSA) is 26.3 Å². The lowest BCUT2D eigenvalue weighted by Gasteiger charge is -2.17. The van der Waals surface area contributed by atoms with E-state index in [2.05, 4.69) is 42.8 Å². The molecule has 0 saturated carbocycles. The summed E-state index contributed by atoms with van der Waals surface area (Å²) in [4.78, 5) is 12.5. The Labute approximate surface area is 154 Å². The Bertz CT molecular complexity index is 614. The smallest absolute Gasteiger partial charge is 0.335 e. The fourth-order valence-electron chi connectivity index (χ4n) is 3.05. The van der Waals surface area contributed by atoms with Gasteiger partial charge in [0.1, 0.15) is 0 Å². The number of hydrogen-bond acceptors (Lipinski definition) is 2. The van der Waals surface area contributed by atoms with Crippen molar-refractivity contribution in [2.75, 3.05) is 5.33 Å². The van der Waals surface area contributed by atoms with E-state index in [9.17, 15) is 4.79 Å². The molecule has 1 aliphatic rings. The third kappa shape index (κ3) is 4.60. The average Bonchev–Trinajstić information content (AvgIpc) is 2.89. The van der Waals surface area contributed by atoms with Crippen LogP contribution in [0.25, 0.3) is 0 Å². The van der Waals surface area contributed by atoms with Crippen LogP contribution in [0.5, 0.6) is 0 Å². The Morgan fingerprint density at radius 2 is 2.00 bits per heavy atom. The second-order valence-electron chi connectivity index (χ2n) is 6.69. The molecular formula is C21H27BrO2. The Kier molecular flexibility index (Phi) is 7.29. The molecule has 1 aromatic rings. The number of esters is 1. The summed E-state index contributed by atoms with van der Waals surface area (Å²) in [5.41, 5.74) is 4.16. The molecule has 1 heterocycles. The molecule has 0 saturated heterocycles. The fraction of sp³-hybridized carbons (Fsp3) is 0.476. The Hall–Kier alpha value is -1.35. The number of ether oxygens (including phenoxy) is 1. The molecule has 24 heavy (non-hydrogen) atoms. The van der Waals surface area contributed by atoms with Crippen LogP contribution in [0.2, 0.25) is 0 Å². The second-order valence-corrected chi connectivity index (χ2v) is 7.25. The van der Waals surface area contributed by atoms with Crippen LogP contribution in [-0.2, 0) is 9.53 Å². The Morgan fingerprint density at radius 1 is 1.29 bits per heavy atom. The average molecular weight is 391 g/mol. The minimum Gasteiger partial charge on any atom is -0.449 e. The summed E-state index contributed by atoms with van der Waals surface area (Å²) in [5, 5.41) is 0.744. The number of carbonyl (C=O) groups excluding carboxylic acids is 1. The lowest BCUT2D eigenvalue weighted by atomic mass is 9.89. The van der Waals surface area contributed by atoms with E-state index >= 15 is 0 Å². The first kappa shape index (κ1) is 19.0. The van der Waals surface area contributed by atoms with Crippen LogP contribution in [0, 0.1) is 5.92 Å². The van der Waals surface area contributed by atoms with Crippen LogP contribution in [0.15, 0.2) is 53.1 Å². The van der Waals surface area contributed by atoms with E-state index in [1.165, 1.54) is 12.0 Å². The van der Waals surface area contributed by atoms with E-state index in [1.54, 1.807) is 0 Å². The van der Waals surface area contributed by atoms with Gasteiger partial charge >= 0.3 is 5.97 Å². The minimum absolute atomic E-state index is 0.158. The number of benzene rings is 1. The summed E-state index contributed by atoms with van der Waals surface area (Å²) >= 11 is 3.62. The van der Waals surface area contributed by atoms with Crippen LogP contribution in [-0.4, -0.2) is 11.3 Å². The number of rotatable bonds is 8. The molecule has 3 heteroatoms. The molecule has 0 aromatic heterocycles. The van der Waals surface area contributed by atoms with E-state index in [1.807, 2.05) is 30.3 Å². The molecule has 1 unspecified atom stereocenters. The highest BCUT2D eigenvalue weighted by Crippen LogP contribution is 2.42. The third-order valence-electron chi connectivity index (χ3n) is 4.21. The highest BCUT2D eigenvalue weighted by Gasteiger charge is 2.36. The summed E-state index contributed by atoms with van der Waals surface area (Å²) in [7, 11) is 0. The predicted octanol–water partition coefficient (Wildman–Crippen LogP) is 6.14. The summed E-state index contributed by atoms with van der Waals surface area (Å²) < 4.78 is 5.79. The maximum absolute atomic E-state index is 12.5. The highest BCUT2D eigenvalue weighted by molar-refractivity contribution is 9.09. The first-order valence-electron chi connectivity index (χ1n) is 8.82. The summed E-state index contributed by atoms with van der Waals surface area (Å²) in [6.45, 7) is 6.48. The van der Waals surface area contributed by atoms with Crippen molar-refractivity contribution in [1.29, 1.82) is 0 Å². The van der Waals surface area contributed by atoms with Crippen LogP contribution < -0.4 is 0 Å². The van der Waals surface area contributed by atoms with Crippen molar-refractivity contribution >= 4 is 21.9 Å². The Balaban J connectivity index is 2.46. The highest BCUT2D eigenvalue weighted by atomic mass is 79.9. The van der Waals surface area contributed by atoms with E-state index in [-0.39, 0.29) is 12.1 Å². The number of hydrogen-bond donors (Lipinski definition) is 0. The van der Waals surface area contributed by atoms with Crippen molar-refractivity contribution in [3.8, 4) is 0 Å². The summed E-state index contributed by atoms with van der Waals surface area (Å²) in [5.74, 6) is 0.263. The standard InChI is InChI=1S/C21H27BrO2/c1-4-5-7-12-17(14-22)19-18(13-15(2)3)21(23)24-20(19)16-10-8-6-9-11-16/h6,8-12,15,20H,4-5,7,13-14H2,1-3H3/b17-12+. The van der Waals surface area contributed by atoms with Gasteiger partial charge in [-0.1, -0.05) is 86.0 Å². The van der Waals surface area contributed by atoms with Crippen molar-refractivity contribution in [2.45, 2.75) is 52.6 Å². The van der Waals surface area contributed by atoms with Gasteiger partial charge in [-0.2, -0.15) is 0 Å². The number of allylic oxidation sites excluding steroid dienone is 1. The molecular weight excluding hydrogens is 364 g/mol. The lowest BCUT2D eigenvalue weighted by Crippen LogP contribution is -2.05. The molecule has 0 fully saturated rings. The predicted molar refractivity (Wildman–Crippen MR) is 103 cm³/mol. The molecule has 0 radical (unpaired) electrons. The zero-order valence-electron chi connectivity index (χ0n) is 14.8. The molecule has 1 aliphatic heterocycles. The molecule has 1 atom stereocenters. The van der Waals surface area contributed by atoms with Gasteiger partial charge in [0.15, 0.2) is 6.10 Å². The molecule has 0 spiro atoms. The number of alkyl halides is 1. The van der Waals surface area contributed by atoms with Crippen LogP contribution in [0.4, 0.5) is 0 Å². The number of carbonyl (C=O) groups is 1. The number of halogens is 1. The van der Waals surface area contributed by atoms with Gasteiger partial charge in [-0.05, 0) is 29.9 Å². The van der Waals surface area contributed by atoms with Gasteiger partial charge < -0.3 is 4.74 Å². The van der Waals surface area contributed by atoms with E-state index < -0.39 is 0 Å². The van der Waals surface area contributed by atoms with Crippen LogP contribution in [0.1, 0.15) is 58.1 Å². The van der Waals surface area contributed by atoms with E-state index in [0.29, 0.717) is 5.92 Å². The molecule has 1 aromatic carbocycles. The molecule has 130 valence electrons. The molecule has 0 bridgehead atoms. The number of unbranched alkanes of at least 4 members (excludes halogenated alkanes) is 2. The first-order chi connectivity index (χ1) is 11.6. The number of cyclic esters (lactones) is 1. The molecule has 2 nitrogen and oxygen atoms in total. The van der Waals surface area contributed by atoms with Gasteiger partial charge in [0.2, 0.25) is 0 Å². The zero-order chi connectivity index (χ0) is 17.5. The van der Waals surface area contributed by atoms with Crippen LogP contribution in [0.3, 0.4) is 0 Å². The van der Waals surface area contributed by atoms with E-state index in [4.69, 9.17) is 4.74 Å². The van der Waals surface area contributed by atoms with Gasteiger partial charge in [-0.25, -0.2) is 4.79 Å².